The van der Waals surface area contributed by atoms with E-state index < -0.39 is 5.54 Å². The molecule has 0 aromatic heterocycles. The first-order valence-corrected chi connectivity index (χ1v) is 8.96. The molecule has 130 valence electrons. The van der Waals surface area contributed by atoms with E-state index in [0.717, 1.165) is 51.6 Å². The second-order valence-electron chi connectivity index (χ2n) is 7.77. The Morgan fingerprint density at radius 3 is 2.39 bits per heavy atom. The fourth-order valence-electron chi connectivity index (χ4n) is 4.18. The Kier molecular flexibility index (Phi) is 4.65. The number of nitrogens with one attached hydrogen (secondary N) is 1. The molecule has 1 atom stereocenters. The second-order valence-corrected chi connectivity index (χ2v) is 7.77. The average Bonchev–Trinajstić information content (AvgIpc) is 2.75. The summed E-state index contributed by atoms with van der Waals surface area (Å²) in [5, 5.41) is 12.6. The summed E-state index contributed by atoms with van der Waals surface area (Å²) < 4.78 is 0. The lowest BCUT2D eigenvalue weighted by Crippen LogP contribution is -2.50. The number of imide groups is 1. The Hall–Kier alpha value is -1.14. The van der Waals surface area contributed by atoms with Crippen molar-refractivity contribution in [3.05, 3.63) is 0 Å². The summed E-state index contributed by atoms with van der Waals surface area (Å²) >= 11 is 0. The zero-order chi connectivity index (χ0) is 16.6. The topological polar surface area (TPSA) is 72.9 Å². The maximum Gasteiger partial charge on any atom is 0.326 e. The summed E-state index contributed by atoms with van der Waals surface area (Å²) in [7, 11) is 0. The van der Waals surface area contributed by atoms with Crippen LogP contribution in [0.3, 0.4) is 0 Å². The van der Waals surface area contributed by atoms with E-state index in [2.05, 4.69) is 17.1 Å². The van der Waals surface area contributed by atoms with Crippen molar-refractivity contribution in [2.75, 3.05) is 19.8 Å². The lowest BCUT2D eigenvalue weighted by Gasteiger charge is -2.36. The average molecular weight is 323 g/mol. The molecule has 1 spiro atoms. The smallest absolute Gasteiger partial charge is 0.326 e. The molecule has 6 heteroatoms. The van der Waals surface area contributed by atoms with Gasteiger partial charge in [-0.15, -0.1) is 0 Å². The van der Waals surface area contributed by atoms with E-state index in [-0.39, 0.29) is 18.0 Å². The Balaban J connectivity index is 1.59. The van der Waals surface area contributed by atoms with E-state index in [1.54, 1.807) is 0 Å². The van der Waals surface area contributed by atoms with E-state index in [4.69, 9.17) is 0 Å². The predicted octanol–water partition coefficient (Wildman–Crippen LogP) is 1.54. The number of aliphatic hydroxyl groups is 1. The summed E-state index contributed by atoms with van der Waals surface area (Å²) in [6.45, 7) is 6.09. The SMILES string of the molecule is CC1CCC2(CC1)NC(=O)N(CN1CCC(C(C)O)CC1)C2=O. The highest BCUT2D eigenvalue weighted by Gasteiger charge is 2.52. The zero-order valence-electron chi connectivity index (χ0n) is 14.3. The molecule has 3 aliphatic rings. The predicted molar refractivity (Wildman–Crippen MR) is 86.6 cm³/mol. The zero-order valence-corrected chi connectivity index (χ0v) is 14.3. The third-order valence-electron chi connectivity index (χ3n) is 6.03. The molecular weight excluding hydrogens is 294 g/mol. The maximum absolute atomic E-state index is 12.8. The van der Waals surface area contributed by atoms with Crippen LogP contribution in [-0.2, 0) is 4.79 Å². The van der Waals surface area contributed by atoms with Gasteiger partial charge in [0.05, 0.1) is 12.8 Å². The molecule has 23 heavy (non-hydrogen) atoms. The number of carbonyl (C=O) groups is 2. The largest absolute Gasteiger partial charge is 0.393 e. The van der Waals surface area contributed by atoms with Crippen molar-refractivity contribution in [2.24, 2.45) is 11.8 Å². The van der Waals surface area contributed by atoms with E-state index in [1.807, 2.05) is 6.92 Å². The van der Waals surface area contributed by atoms with Crippen LogP contribution in [0.1, 0.15) is 52.4 Å². The van der Waals surface area contributed by atoms with Crippen LogP contribution in [0.15, 0.2) is 0 Å². The summed E-state index contributed by atoms with van der Waals surface area (Å²) in [6, 6.07) is -0.234. The van der Waals surface area contributed by atoms with E-state index in [0.29, 0.717) is 18.5 Å². The molecule has 2 N–H and O–H groups in total. The van der Waals surface area contributed by atoms with Crippen LogP contribution in [0.4, 0.5) is 4.79 Å². The molecule has 0 bridgehead atoms. The number of hydrogen-bond donors (Lipinski definition) is 2. The minimum atomic E-state index is -0.637. The van der Waals surface area contributed by atoms with Crippen LogP contribution in [0, 0.1) is 11.8 Å². The first kappa shape index (κ1) is 16.7. The molecule has 0 radical (unpaired) electrons. The Morgan fingerprint density at radius 2 is 1.83 bits per heavy atom. The van der Waals surface area contributed by atoms with Gasteiger partial charge in [-0.25, -0.2) is 9.69 Å². The van der Waals surface area contributed by atoms with Gasteiger partial charge in [0.2, 0.25) is 0 Å². The Bertz CT molecular complexity index is 464. The highest BCUT2D eigenvalue weighted by atomic mass is 16.3. The minimum absolute atomic E-state index is 0.0351. The molecule has 3 rings (SSSR count). The van der Waals surface area contributed by atoms with Gasteiger partial charge in [-0.3, -0.25) is 9.69 Å². The second kappa shape index (κ2) is 6.40. The van der Waals surface area contributed by atoms with Crippen molar-refractivity contribution in [1.29, 1.82) is 0 Å². The number of hydrogen-bond acceptors (Lipinski definition) is 4. The van der Waals surface area contributed by atoms with Gasteiger partial charge in [-0.05, 0) is 57.3 Å². The van der Waals surface area contributed by atoms with E-state index >= 15 is 0 Å². The standard InChI is InChI=1S/C17H29N3O3/c1-12-3-7-17(8-4-12)15(22)20(16(23)18-17)11-19-9-5-14(6-10-19)13(2)21/h12-14,21H,3-11H2,1-2H3,(H,18,23). The van der Waals surface area contributed by atoms with Gasteiger partial charge in [0.15, 0.2) is 0 Å². The molecule has 1 aliphatic carbocycles. The number of piperidine rings is 1. The normalized spacial score (nSPS) is 34.9. The molecule has 1 saturated carbocycles. The van der Waals surface area contributed by atoms with Crippen LogP contribution in [-0.4, -0.2) is 58.2 Å². The van der Waals surface area contributed by atoms with Gasteiger partial charge in [-0.1, -0.05) is 6.92 Å². The van der Waals surface area contributed by atoms with Crippen molar-refractivity contribution < 1.29 is 14.7 Å². The van der Waals surface area contributed by atoms with Gasteiger partial charge in [-0.2, -0.15) is 0 Å². The van der Waals surface area contributed by atoms with Gasteiger partial charge in [0, 0.05) is 13.1 Å². The fourth-order valence-corrected chi connectivity index (χ4v) is 4.18. The number of nitrogens with zero attached hydrogens (tertiary/aromatic N) is 2. The summed E-state index contributed by atoms with van der Waals surface area (Å²) in [4.78, 5) is 28.7. The summed E-state index contributed by atoms with van der Waals surface area (Å²) in [5.41, 5.74) is -0.637. The monoisotopic (exact) mass is 323 g/mol. The number of aliphatic hydroxyl groups excluding tert-OH is 1. The van der Waals surface area contributed by atoms with Gasteiger partial charge in [0.1, 0.15) is 5.54 Å². The van der Waals surface area contributed by atoms with Gasteiger partial charge < -0.3 is 10.4 Å². The van der Waals surface area contributed by atoms with Crippen LogP contribution < -0.4 is 5.32 Å². The highest BCUT2D eigenvalue weighted by molar-refractivity contribution is 6.07. The highest BCUT2D eigenvalue weighted by Crippen LogP contribution is 2.36. The van der Waals surface area contributed by atoms with Crippen molar-refractivity contribution in [2.45, 2.75) is 64.0 Å². The quantitative estimate of drug-likeness (QED) is 0.773. The number of carbonyl (C=O) groups excluding carboxylic acids is 2. The Labute approximate surface area is 138 Å². The van der Waals surface area contributed by atoms with Crippen LogP contribution in [0.5, 0.6) is 0 Å². The third kappa shape index (κ3) is 3.24. The molecule has 2 heterocycles. The van der Waals surface area contributed by atoms with Crippen LogP contribution in [0.2, 0.25) is 0 Å². The third-order valence-corrected chi connectivity index (χ3v) is 6.03. The van der Waals surface area contributed by atoms with Crippen molar-refractivity contribution >= 4 is 11.9 Å². The molecule has 1 unspecified atom stereocenters. The van der Waals surface area contributed by atoms with E-state index in [1.165, 1.54) is 4.90 Å². The van der Waals surface area contributed by atoms with Gasteiger partial charge in [0.25, 0.3) is 5.91 Å². The molecule has 2 aliphatic heterocycles. The van der Waals surface area contributed by atoms with Crippen molar-refractivity contribution in [3.63, 3.8) is 0 Å². The molecule has 0 aromatic carbocycles. The molecule has 3 fully saturated rings. The number of likely N-dealkylation sites (tertiary alicyclic amines) is 1. The van der Waals surface area contributed by atoms with Gasteiger partial charge >= 0.3 is 6.03 Å². The number of rotatable bonds is 3. The first-order valence-electron chi connectivity index (χ1n) is 8.96. The van der Waals surface area contributed by atoms with E-state index in [9.17, 15) is 14.7 Å². The Morgan fingerprint density at radius 1 is 1.22 bits per heavy atom. The summed E-state index contributed by atoms with van der Waals surface area (Å²) in [5.74, 6) is 0.937. The lowest BCUT2D eigenvalue weighted by molar-refractivity contribution is -0.134. The molecule has 6 nitrogen and oxygen atoms in total. The number of amides is 3. The molecular formula is C17H29N3O3. The van der Waals surface area contributed by atoms with Crippen LogP contribution >= 0.6 is 0 Å². The van der Waals surface area contributed by atoms with Crippen molar-refractivity contribution in [3.8, 4) is 0 Å². The first-order chi connectivity index (χ1) is 10.9. The number of urea groups is 1. The van der Waals surface area contributed by atoms with Crippen molar-refractivity contribution in [1.82, 2.24) is 15.1 Å². The molecule has 3 amide bonds. The maximum atomic E-state index is 12.8. The molecule has 2 saturated heterocycles. The lowest BCUT2D eigenvalue weighted by atomic mass is 9.77. The fraction of sp³-hybridized carbons (Fsp3) is 0.882. The summed E-state index contributed by atoms with van der Waals surface area (Å²) in [6.07, 6.45) is 5.09. The molecule has 0 aromatic rings. The van der Waals surface area contributed by atoms with Crippen LogP contribution in [0.25, 0.3) is 0 Å². The minimum Gasteiger partial charge on any atom is -0.393 e.